The summed E-state index contributed by atoms with van der Waals surface area (Å²) in [5, 5.41) is 0. The van der Waals surface area contributed by atoms with E-state index in [1.807, 2.05) is 0 Å². The molecule has 0 N–H and O–H groups in total. The predicted octanol–water partition coefficient (Wildman–Crippen LogP) is 3.58. The molecule has 0 heterocycles. The minimum atomic E-state index is -6.21. The van der Waals surface area contributed by atoms with Gasteiger partial charge in [-0.05, 0) is 6.42 Å². The Bertz CT molecular complexity index is 285. The van der Waals surface area contributed by atoms with E-state index in [4.69, 9.17) is 0 Å². The molecule has 0 radical (unpaired) electrons. The minimum absolute atomic E-state index is 0.136. The molecule has 0 aromatic rings. The zero-order chi connectivity index (χ0) is 14.8. The van der Waals surface area contributed by atoms with E-state index in [0.717, 1.165) is 0 Å². The summed E-state index contributed by atoms with van der Waals surface area (Å²) in [4.78, 5) is 10.9. The molecule has 0 bridgehead atoms. The van der Waals surface area contributed by atoms with E-state index in [2.05, 4.69) is 4.74 Å². The summed E-state index contributed by atoms with van der Waals surface area (Å²) in [6.45, 7) is -0.965. The maximum Gasteiger partial charge on any atom is 0.435 e. The molecular formula is C8H8F7IO2. The van der Waals surface area contributed by atoms with Gasteiger partial charge in [0.2, 0.25) is 0 Å². The van der Waals surface area contributed by atoms with E-state index in [0.29, 0.717) is 0 Å². The Morgan fingerprint density at radius 1 is 1.11 bits per heavy atom. The molecule has 0 aromatic heterocycles. The van der Waals surface area contributed by atoms with Crippen molar-refractivity contribution in [2.75, 3.05) is 6.61 Å². The van der Waals surface area contributed by atoms with Crippen LogP contribution in [-0.4, -0.2) is 34.5 Å². The second-order valence-electron chi connectivity index (χ2n) is 3.28. The van der Waals surface area contributed by atoms with E-state index in [1.54, 1.807) is 0 Å². The van der Waals surface area contributed by atoms with Crippen molar-refractivity contribution in [2.45, 2.75) is 35.3 Å². The molecule has 0 fully saturated rings. The standard InChI is InChI=1S/C8H8F7IO2/c1-2-4(16)5(17)18-3-6(9,7(10,11)12)8(13,14)15/h4H,2-3H2,1H3. The van der Waals surface area contributed by atoms with Crippen molar-refractivity contribution in [3.8, 4) is 0 Å². The molecule has 18 heavy (non-hydrogen) atoms. The number of rotatable bonds is 4. The van der Waals surface area contributed by atoms with E-state index >= 15 is 0 Å². The van der Waals surface area contributed by atoms with Crippen molar-refractivity contribution >= 4 is 28.6 Å². The highest BCUT2D eigenvalue weighted by molar-refractivity contribution is 14.1. The van der Waals surface area contributed by atoms with Gasteiger partial charge in [0.1, 0.15) is 10.5 Å². The van der Waals surface area contributed by atoms with Gasteiger partial charge in [0.05, 0.1) is 0 Å². The highest BCUT2D eigenvalue weighted by Gasteiger charge is 2.73. The van der Waals surface area contributed by atoms with Crippen LogP contribution in [0.15, 0.2) is 0 Å². The summed E-state index contributed by atoms with van der Waals surface area (Å²) in [5.74, 6) is -1.33. The van der Waals surface area contributed by atoms with Gasteiger partial charge in [-0.1, -0.05) is 29.5 Å². The fraction of sp³-hybridized carbons (Fsp3) is 0.875. The first-order chi connectivity index (χ1) is 7.87. The zero-order valence-corrected chi connectivity index (χ0v) is 11.0. The molecule has 0 aliphatic heterocycles. The van der Waals surface area contributed by atoms with Crippen LogP contribution in [0.2, 0.25) is 0 Å². The highest BCUT2D eigenvalue weighted by atomic mass is 127. The second kappa shape index (κ2) is 5.78. The maximum absolute atomic E-state index is 13.0. The lowest BCUT2D eigenvalue weighted by Gasteiger charge is -2.29. The first-order valence-electron chi connectivity index (χ1n) is 4.50. The van der Waals surface area contributed by atoms with Crippen LogP contribution in [0.25, 0.3) is 0 Å². The molecule has 0 rings (SSSR count). The number of carbonyl (C=O) groups excluding carboxylic acids is 1. The molecule has 0 aliphatic carbocycles. The molecule has 0 aromatic carbocycles. The normalized spacial score (nSPS) is 15.4. The number of hydrogen-bond donors (Lipinski definition) is 0. The molecule has 0 aliphatic rings. The van der Waals surface area contributed by atoms with Gasteiger partial charge in [0.15, 0.2) is 0 Å². The molecular weight excluding hydrogens is 388 g/mol. The Hall–Kier alpha value is -0.290. The first-order valence-corrected chi connectivity index (χ1v) is 5.74. The number of hydrogen-bond acceptors (Lipinski definition) is 2. The van der Waals surface area contributed by atoms with E-state index < -0.39 is 34.5 Å². The fourth-order valence-corrected chi connectivity index (χ4v) is 0.932. The van der Waals surface area contributed by atoms with Gasteiger partial charge in [0.25, 0.3) is 0 Å². The average Bonchev–Trinajstić information content (AvgIpc) is 2.20. The molecule has 1 unspecified atom stereocenters. The molecule has 0 saturated heterocycles. The Labute approximate surface area is 111 Å². The van der Waals surface area contributed by atoms with Gasteiger partial charge in [0, 0.05) is 0 Å². The lowest BCUT2D eigenvalue weighted by molar-refractivity contribution is -0.349. The summed E-state index contributed by atoms with van der Waals surface area (Å²) in [6, 6.07) is 0. The van der Waals surface area contributed by atoms with E-state index in [-0.39, 0.29) is 6.42 Å². The Kier molecular flexibility index (Phi) is 5.69. The van der Waals surface area contributed by atoms with Crippen molar-refractivity contribution in [1.82, 2.24) is 0 Å². The second-order valence-corrected chi connectivity index (χ2v) is 4.78. The van der Waals surface area contributed by atoms with Crippen LogP contribution >= 0.6 is 22.6 Å². The molecule has 108 valence electrons. The van der Waals surface area contributed by atoms with Crippen LogP contribution in [0, 0.1) is 0 Å². The summed E-state index contributed by atoms with van der Waals surface area (Å²) in [6.07, 6.45) is -12.3. The first kappa shape index (κ1) is 17.7. The molecule has 1 atom stereocenters. The van der Waals surface area contributed by atoms with Crippen LogP contribution in [0.1, 0.15) is 13.3 Å². The van der Waals surface area contributed by atoms with Crippen LogP contribution in [0.3, 0.4) is 0 Å². The maximum atomic E-state index is 13.0. The monoisotopic (exact) mass is 396 g/mol. The molecule has 2 nitrogen and oxygen atoms in total. The number of ether oxygens (including phenoxy) is 1. The summed E-state index contributed by atoms with van der Waals surface area (Å²) in [7, 11) is 0. The quantitative estimate of drug-likeness (QED) is 0.315. The number of alkyl halides is 8. The van der Waals surface area contributed by atoms with Crippen LogP contribution in [0.4, 0.5) is 30.7 Å². The van der Waals surface area contributed by atoms with Crippen molar-refractivity contribution in [3.05, 3.63) is 0 Å². The summed E-state index contributed by atoms with van der Waals surface area (Å²) >= 11 is 1.47. The molecule has 10 heteroatoms. The fourth-order valence-electron chi connectivity index (χ4n) is 0.752. The lowest BCUT2D eigenvalue weighted by Crippen LogP contribution is -2.56. The third-order valence-electron chi connectivity index (χ3n) is 1.93. The van der Waals surface area contributed by atoms with Gasteiger partial charge < -0.3 is 4.74 Å². The number of carbonyl (C=O) groups is 1. The Morgan fingerprint density at radius 3 is 1.78 bits per heavy atom. The van der Waals surface area contributed by atoms with Crippen LogP contribution < -0.4 is 0 Å². The van der Waals surface area contributed by atoms with Crippen molar-refractivity contribution in [1.29, 1.82) is 0 Å². The smallest absolute Gasteiger partial charge is 0.435 e. The molecule has 0 saturated carbocycles. The Balaban J connectivity index is 4.92. The molecule has 0 spiro atoms. The largest absolute Gasteiger partial charge is 0.461 e. The van der Waals surface area contributed by atoms with E-state index in [1.165, 1.54) is 29.5 Å². The van der Waals surface area contributed by atoms with Crippen molar-refractivity contribution < 1.29 is 40.3 Å². The van der Waals surface area contributed by atoms with Crippen molar-refractivity contribution in [3.63, 3.8) is 0 Å². The van der Waals surface area contributed by atoms with Crippen LogP contribution in [-0.2, 0) is 9.53 Å². The average molecular weight is 396 g/mol. The lowest BCUT2D eigenvalue weighted by atomic mass is 10.1. The third-order valence-corrected chi connectivity index (χ3v) is 3.32. The highest BCUT2D eigenvalue weighted by Crippen LogP contribution is 2.46. The topological polar surface area (TPSA) is 26.3 Å². The number of esters is 1. The third kappa shape index (κ3) is 3.85. The van der Waals surface area contributed by atoms with Crippen LogP contribution in [0.5, 0.6) is 0 Å². The van der Waals surface area contributed by atoms with Gasteiger partial charge in [-0.15, -0.1) is 0 Å². The SMILES string of the molecule is CCC(I)C(=O)OCC(F)(C(F)(F)F)C(F)(F)F. The minimum Gasteiger partial charge on any atom is -0.461 e. The van der Waals surface area contributed by atoms with Crippen molar-refractivity contribution in [2.24, 2.45) is 0 Å². The predicted molar refractivity (Wildman–Crippen MR) is 55.0 cm³/mol. The Morgan fingerprint density at radius 2 is 1.50 bits per heavy atom. The number of halogens is 8. The van der Waals surface area contributed by atoms with E-state index in [9.17, 15) is 35.5 Å². The summed E-state index contributed by atoms with van der Waals surface area (Å²) < 4.78 is 88.1. The summed E-state index contributed by atoms with van der Waals surface area (Å²) in [5.41, 5.74) is -5.56. The van der Waals surface area contributed by atoms with Gasteiger partial charge in [-0.2, -0.15) is 26.3 Å². The zero-order valence-electron chi connectivity index (χ0n) is 8.83. The van der Waals surface area contributed by atoms with Gasteiger partial charge in [-0.25, -0.2) is 4.39 Å². The van der Waals surface area contributed by atoms with Gasteiger partial charge >= 0.3 is 24.0 Å². The molecule has 0 amide bonds. The van der Waals surface area contributed by atoms with Gasteiger partial charge in [-0.3, -0.25) is 4.79 Å².